The van der Waals surface area contributed by atoms with Crippen molar-refractivity contribution < 1.29 is 37.8 Å². The highest BCUT2D eigenvalue weighted by atomic mass is 19.2. The first-order valence-electron chi connectivity index (χ1n) is 11.0. The van der Waals surface area contributed by atoms with Crippen molar-refractivity contribution >= 4 is 17.9 Å². The molecule has 12 heteroatoms. The molecule has 0 aliphatic heterocycles. The highest BCUT2D eigenvalue weighted by Gasteiger charge is 2.25. The molecule has 2 aromatic carbocycles. The normalized spacial score (nSPS) is 12.5. The lowest BCUT2D eigenvalue weighted by molar-refractivity contribution is 0.0480. The van der Waals surface area contributed by atoms with E-state index >= 15 is 0 Å². The highest BCUT2D eigenvalue weighted by molar-refractivity contribution is 5.84. The Morgan fingerprint density at radius 3 is 2.64 bits per heavy atom. The summed E-state index contributed by atoms with van der Waals surface area (Å²) in [6.07, 6.45) is -2.20. The Morgan fingerprint density at radius 1 is 1.17 bits per heavy atom. The van der Waals surface area contributed by atoms with Crippen molar-refractivity contribution in [3.05, 3.63) is 71.8 Å². The van der Waals surface area contributed by atoms with E-state index in [2.05, 4.69) is 15.8 Å². The van der Waals surface area contributed by atoms with E-state index in [4.69, 9.17) is 9.26 Å². The van der Waals surface area contributed by atoms with Crippen LogP contribution < -0.4 is 10.6 Å². The molecule has 0 spiro atoms. The molecular weight excluding hydrogens is 478 g/mol. The largest absolute Gasteiger partial charge is 0.447 e. The third-order valence-electron chi connectivity index (χ3n) is 5.29. The van der Waals surface area contributed by atoms with Crippen LogP contribution in [0, 0.1) is 11.6 Å². The summed E-state index contributed by atoms with van der Waals surface area (Å²) in [7, 11) is 1.37. The molecule has 3 aromatic rings. The summed E-state index contributed by atoms with van der Waals surface area (Å²) in [6, 6.07) is 12.7. The van der Waals surface area contributed by atoms with Crippen LogP contribution in [0.2, 0.25) is 0 Å². The summed E-state index contributed by atoms with van der Waals surface area (Å²) >= 11 is 0. The second kappa shape index (κ2) is 12.6. The minimum Gasteiger partial charge on any atom is -0.447 e. The van der Waals surface area contributed by atoms with Crippen LogP contribution in [0.5, 0.6) is 0 Å². The molecule has 2 atom stereocenters. The maximum Gasteiger partial charge on any atom is 0.412 e. The van der Waals surface area contributed by atoms with Crippen molar-refractivity contribution in [2.75, 3.05) is 25.6 Å². The SMILES string of the molecule is CN(C(=O)NCc1cccc(F)c1F)[C@H](COC(=O)Nc1cc(-c2ccccc2)on1)C[C@@H](O)CO. The quantitative estimate of drug-likeness (QED) is 0.333. The number of ether oxygens (including phenoxy) is 1. The second-order valence-corrected chi connectivity index (χ2v) is 7.87. The predicted octanol–water partition coefficient (Wildman–Crippen LogP) is 3.12. The molecule has 0 aliphatic carbocycles. The van der Waals surface area contributed by atoms with Crippen LogP contribution in [0.3, 0.4) is 0 Å². The molecule has 1 aromatic heterocycles. The van der Waals surface area contributed by atoms with Gasteiger partial charge in [-0.25, -0.2) is 18.4 Å². The number of aliphatic hydroxyl groups excluding tert-OH is 2. The first-order valence-corrected chi connectivity index (χ1v) is 11.0. The summed E-state index contributed by atoms with van der Waals surface area (Å²) in [5.74, 6) is -1.58. The number of carbonyl (C=O) groups is 2. The van der Waals surface area contributed by atoms with E-state index in [0.717, 1.165) is 16.5 Å². The maximum absolute atomic E-state index is 13.8. The fraction of sp³-hybridized carbons (Fsp3) is 0.292. The van der Waals surface area contributed by atoms with Gasteiger partial charge in [-0.1, -0.05) is 47.6 Å². The van der Waals surface area contributed by atoms with E-state index < -0.39 is 42.5 Å². The summed E-state index contributed by atoms with van der Waals surface area (Å²) in [5.41, 5.74) is 0.706. The van der Waals surface area contributed by atoms with E-state index in [9.17, 15) is 28.6 Å². The van der Waals surface area contributed by atoms with Gasteiger partial charge in [0.2, 0.25) is 0 Å². The monoisotopic (exact) mass is 504 g/mol. The molecule has 0 saturated heterocycles. The molecule has 0 saturated carbocycles. The molecule has 3 amide bonds. The molecule has 10 nitrogen and oxygen atoms in total. The zero-order chi connectivity index (χ0) is 26.1. The standard InChI is InChI=1S/C24H26F2N4O6/c1-30(23(33)27-12-16-8-5-9-19(25)22(16)26)17(10-18(32)13-31)14-35-24(34)28-21-11-20(36-29-21)15-6-3-2-4-7-15/h2-9,11,17-18,31-32H,10,12-14H2,1H3,(H,27,33)(H,28,29,34)/t17-,18+/m0/s1. The molecule has 0 unspecified atom stereocenters. The number of aliphatic hydroxyl groups is 2. The zero-order valence-electron chi connectivity index (χ0n) is 19.4. The van der Waals surface area contributed by atoms with E-state index in [1.807, 2.05) is 30.3 Å². The van der Waals surface area contributed by atoms with Crippen LogP contribution in [-0.2, 0) is 11.3 Å². The number of benzene rings is 2. The number of urea groups is 1. The molecule has 1 heterocycles. The van der Waals surface area contributed by atoms with Gasteiger partial charge in [0.25, 0.3) is 0 Å². The van der Waals surface area contributed by atoms with Gasteiger partial charge in [0.1, 0.15) is 6.61 Å². The van der Waals surface area contributed by atoms with Gasteiger partial charge in [-0.15, -0.1) is 0 Å². The van der Waals surface area contributed by atoms with Gasteiger partial charge in [-0.3, -0.25) is 5.32 Å². The second-order valence-electron chi connectivity index (χ2n) is 7.87. The van der Waals surface area contributed by atoms with E-state index in [1.54, 1.807) is 0 Å². The first kappa shape index (κ1) is 26.6. The Morgan fingerprint density at radius 2 is 1.92 bits per heavy atom. The lowest BCUT2D eigenvalue weighted by Gasteiger charge is -2.29. The number of anilines is 1. The molecule has 36 heavy (non-hydrogen) atoms. The third kappa shape index (κ3) is 7.23. The van der Waals surface area contributed by atoms with Crippen LogP contribution in [0.15, 0.2) is 59.1 Å². The average molecular weight is 504 g/mol. The predicted molar refractivity (Wildman–Crippen MR) is 125 cm³/mol. The molecule has 0 radical (unpaired) electrons. The van der Waals surface area contributed by atoms with Crippen molar-refractivity contribution in [1.29, 1.82) is 0 Å². The lowest BCUT2D eigenvalue weighted by atomic mass is 10.1. The summed E-state index contributed by atoms with van der Waals surface area (Å²) < 4.78 is 37.6. The average Bonchev–Trinajstić information content (AvgIpc) is 3.35. The fourth-order valence-corrected chi connectivity index (χ4v) is 3.26. The smallest absolute Gasteiger partial charge is 0.412 e. The van der Waals surface area contributed by atoms with Crippen LogP contribution in [-0.4, -0.2) is 64.8 Å². The Bertz CT molecular complexity index is 1160. The van der Waals surface area contributed by atoms with Crippen LogP contribution in [0.1, 0.15) is 12.0 Å². The van der Waals surface area contributed by atoms with Crippen molar-refractivity contribution in [3.8, 4) is 11.3 Å². The van der Waals surface area contributed by atoms with E-state index in [0.29, 0.717) is 5.76 Å². The van der Waals surface area contributed by atoms with Crippen molar-refractivity contribution in [2.45, 2.75) is 25.1 Å². The number of aromatic nitrogens is 1. The molecular formula is C24H26F2N4O6. The van der Waals surface area contributed by atoms with Gasteiger partial charge < -0.3 is 29.7 Å². The molecule has 3 rings (SSSR count). The summed E-state index contributed by atoms with van der Waals surface area (Å²) in [4.78, 5) is 26.0. The minimum absolute atomic E-state index is 0.0539. The summed E-state index contributed by atoms with van der Waals surface area (Å²) in [6.45, 7) is -1.21. The van der Waals surface area contributed by atoms with Gasteiger partial charge in [-0.05, 0) is 12.5 Å². The van der Waals surface area contributed by atoms with Crippen LogP contribution >= 0.6 is 0 Å². The fourth-order valence-electron chi connectivity index (χ4n) is 3.26. The van der Waals surface area contributed by atoms with Crippen LogP contribution in [0.25, 0.3) is 11.3 Å². The minimum atomic E-state index is -1.19. The number of nitrogens with zero attached hydrogens (tertiary/aromatic N) is 2. The van der Waals surface area contributed by atoms with Gasteiger partial charge in [0, 0.05) is 30.8 Å². The van der Waals surface area contributed by atoms with Crippen molar-refractivity contribution in [2.24, 2.45) is 0 Å². The van der Waals surface area contributed by atoms with E-state index in [-0.39, 0.29) is 31.0 Å². The number of likely N-dealkylation sites (N-methyl/N-ethyl adjacent to an activating group) is 1. The zero-order valence-corrected chi connectivity index (χ0v) is 19.4. The van der Waals surface area contributed by atoms with Crippen molar-refractivity contribution in [3.63, 3.8) is 0 Å². The number of amides is 3. The maximum atomic E-state index is 13.8. The van der Waals surface area contributed by atoms with E-state index in [1.165, 1.54) is 25.2 Å². The van der Waals surface area contributed by atoms with Crippen molar-refractivity contribution in [1.82, 2.24) is 15.4 Å². The summed E-state index contributed by atoms with van der Waals surface area (Å²) in [5, 5.41) is 27.7. The molecule has 4 N–H and O–H groups in total. The number of hydrogen-bond acceptors (Lipinski definition) is 7. The molecule has 0 aliphatic rings. The lowest BCUT2D eigenvalue weighted by Crippen LogP contribution is -2.47. The number of rotatable bonds is 10. The highest BCUT2D eigenvalue weighted by Crippen LogP contribution is 2.22. The first-order chi connectivity index (χ1) is 17.3. The molecule has 0 fully saturated rings. The van der Waals surface area contributed by atoms with Gasteiger partial charge in [0.05, 0.1) is 18.8 Å². The van der Waals surface area contributed by atoms with Gasteiger partial charge >= 0.3 is 12.1 Å². The Balaban J connectivity index is 1.57. The third-order valence-corrected chi connectivity index (χ3v) is 5.29. The molecule has 192 valence electrons. The topological polar surface area (TPSA) is 137 Å². The Kier molecular flexibility index (Phi) is 9.31. The molecule has 0 bridgehead atoms. The number of nitrogens with one attached hydrogen (secondary N) is 2. The van der Waals surface area contributed by atoms with Gasteiger partial charge in [0.15, 0.2) is 23.2 Å². The Hall–Kier alpha value is -4.03. The van der Waals surface area contributed by atoms with Gasteiger partial charge in [-0.2, -0.15) is 0 Å². The number of hydrogen-bond donors (Lipinski definition) is 4. The van der Waals surface area contributed by atoms with Crippen LogP contribution in [0.4, 0.5) is 24.2 Å². The Labute approximate surface area is 205 Å². The number of carbonyl (C=O) groups excluding carboxylic acids is 2. The number of halogens is 2.